The molecule has 0 radical (unpaired) electrons. The molecule has 1 fully saturated rings. The van der Waals surface area contributed by atoms with Crippen molar-refractivity contribution in [3.63, 3.8) is 0 Å². The Morgan fingerprint density at radius 2 is 1.87 bits per heavy atom. The Kier molecular flexibility index (Phi) is 8.42. The summed E-state index contributed by atoms with van der Waals surface area (Å²) < 4.78 is 28.8. The van der Waals surface area contributed by atoms with Crippen molar-refractivity contribution >= 4 is 40.3 Å². The number of fused-ring (bicyclic) bond motifs is 1. The minimum absolute atomic E-state index is 0.0537. The van der Waals surface area contributed by atoms with Gasteiger partial charge in [-0.2, -0.15) is 20.1 Å². The first-order chi connectivity index (χ1) is 22.2. The van der Waals surface area contributed by atoms with Crippen molar-refractivity contribution in [3.8, 4) is 17.1 Å². The Morgan fingerprint density at radius 3 is 2.59 bits per heavy atom. The van der Waals surface area contributed by atoms with Crippen LogP contribution in [0, 0.1) is 5.82 Å². The fraction of sp³-hybridized carbons (Fsp3) is 0.281. The van der Waals surface area contributed by atoms with Gasteiger partial charge in [0.1, 0.15) is 12.4 Å². The lowest BCUT2D eigenvalue weighted by Crippen LogP contribution is -2.21. The topological polar surface area (TPSA) is 169 Å². The molecule has 6 rings (SSSR count). The van der Waals surface area contributed by atoms with Gasteiger partial charge < -0.3 is 20.5 Å². The number of nitrogens with one attached hydrogen (secondary N) is 1. The number of carbonyl (C=O) groups is 2. The van der Waals surface area contributed by atoms with Crippen molar-refractivity contribution < 1.29 is 23.5 Å². The molecule has 0 bridgehead atoms. The Labute approximate surface area is 262 Å². The third kappa shape index (κ3) is 6.55. The maximum absolute atomic E-state index is 15.4. The van der Waals surface area contributed by atoms with E-state index in [9.17, 15) is 14.4 Å². The van der Waals surface area contributed by atoms with E-state index in [1.54, 1.807) is 61.5 Å². The quantitative estimate of drug-likeness (QED) is 0.200. The summed E-state index contributed by atoms with van der Waals surface area (Å²) in [4.78, 5) is 51.3. The van der Waals surface area contributed by atoms with Gasteiger partial charge in [0.2, 0.25) is 11.9 Å². The zero-order chi connectivity index (χ0) is 32.4. The maximum atomic E-state index is 15.4. The Bertz CT molecular complexity index is 2020. The summed E-state index contributed by atoms with van der Waals surface area (Å²) in [6, 6.07) is 9.98. The van der Waals surface area contributed by atoms with Crippen LogP contribution in [0.3, 0.4) is 0 Å². The molecule has 14 heteroatoms. The number of nitrogen functional groups attached to an aromatic ring is 1. The number of rotatable bonds is 11. The van der Waals surface area contributed by atoms with Crippen LogP contribution in [-0.2, 0) is 32.7 Å². The molecule has 0 spiro atoms. The van der Waals surface area contributed by atoms with Gasteiger partial charge in [-0.3, -0.25) is 23.6 Å². The Balaban J connectivity index is 1.42. The predicted molar refractivity (Wildman–Crippen MR) is 167 cm³/mol. The molecular formula is C32H31FN8O5. The minimum Gasteiger partial charge on any atom is -0.466 e. The number of carbonyl (C=O) groups excluding carboxylic acids is 2. The van der Waals surface area contributed by atoms with Crippen LogP contribution in [0.1, 0.15) is 49.7 Å². The number of halogens is 1. The highest BCUT2D eigenvalue weighted by Gasteiger charge is 2.26. The second-order valence-corrected chi connectivity index (χ2v) is 10.9. The van der Waals surface area contributed by atoms with E-state index in [0.29, 0.717) is 33.8 Å². The molecule has 0 amide bonds. The average molecular weight is 627 g/mol. The number of esters is 2. The summed E-state index contributed by atoms with van der Waals surface area (Å²) in [5.74, 6) is -1.29. The monoisotopic (exact) mass is 626 g/mol. The summed E-state index contributed by atoms with van der Waals surface area (Å²) >= 11 is 0. The molecule has 1 saturated carbocycles. The SMILES string of the molecule is CCOC(=O)CCC(=O)OCc1c(-c2nc(N)nc(Nc3cnn(C)c3)n2)cccc1-n1ccc2cc(C3CC3)cc(F)c2c1=O. The van der Waals surface area contributed by atoms with Gasteiger partial charge >= 0.3 is 11.9 Å². The largest absolute Gasteiger partial charge is 0.466 e. The van der Waals surface area contributed by atoms with Crippen LogP contribution in [0.2, 0.25) is 0 Å². The lowest BCUT2D eigenvalue weighted by molar-refractivity contribution is -0.150. The number of hydrogen-bond donors (Lipinski definition) is 2. The zero-order valence-electron chi connectivity index (χ0n) is 25.2. The van der Waals surface area contributed by atoms with E-state index in [-0.39, 0.29) is 49.2 Å². The molecule has 3 N–H and O–H groups in total. The molecule has 0 aliphatic heterocycles. The van der Waals surface area contributed by atoms with Crippen molar-refractivity contribution in [3.05, 3.63) is 82.3 Å². The van der Waals surface area contributed by atoms with E-state index in [0.717, 1.165) is 18.4 Å². The molecule has 3 aromatic heterocycles. The third-order valence-corrected chi connectivity index (χ3v) is 7.51. The smallest absolute Gasteiger partial charge is 0.306 e. The van der Waals surface area contributed by atoms with Gasteiger partial charge in [-0.1, -0.05) is 18.2 Å². The predicted octanol–water partition coefficient (Wildman–Crippen LogP) is 4.31. The first kappa shape index (κ1) is 30.4. The fourth-order valence-electron chi connectivity index (χ4n) is 5.20. The lowest BCUT2D eigenvalue weighted by Gasteiger charge is -2.17. The molecule has 3 heterocycles. The third-order valence-electron chi connectivity index (χ3n) is 7.51. The molecule has 0 atom stereocenters. The van der Waals surface area contributed by atoms with Crippen molar-refractivity contribution in [1.29, 1.82) is 0 Å². The number of nitrogens with two attached hydrogens (primary N) is 1. The van der Waals surface area contributed by atoms with E-state index >= 15 is 4.39 Å². The molecular weight excluding hydrogens is 595 g/mol. The van der Waals surface area contributed by atoms with Gasteiger partial charge in [-0.25, -0.2) is 4.39 Å². The van der Waals surface area contributed by atoms with Gasteiger partial charge in [-0.05, 0) is 54.8 Å². The molecule has 2 aromatic carbocycles. The standard InChI is InChI=1S/C32H31FN8O5/c1-3-45-26(42)9-10-27(43)46-17-23-22(29-37-31(34)39-32(38-29)36-21-15-35-40(2)16-21)5-4-6-25(23)41-12-11-19-13-20(18-7-8-18)14-24(33)28(19)30(41)44/h4-6,11-16,18H,3,7-10,17H2,1-2H3,(H3,34,36,37,38,39). The number of nitrogens with zero attached hydrogens (tertiary/aromatic N) is 6. The molecule has 46 heavy (non-hydrogen) atoms. The number of ether oxygens (including phenoxy) is 2. The first-order valence-electron chi connectivity index (χ1n) is 14.8. The van der Waals surface area contributed by atoms with Crippen LogP contribution in [0.25, 0.3) is 27.8 Å². The van der Waals surface area contributed by atoms with Crippen LogP contribution in [0.4, 0.5) is 22.0 Å². The molecule has 1 aliphatic rings. The molecule has 236 valence electrons. The summed E-state index contributed by atoms with van der Waals surface area (Å²) in [7, 11) is 1.76. The summed E-state index contributed by atoms with van der Waals surface area (Å²) in [5, 5.41) is 7.60. The number of benzene rings is 2. The number of aromatic nitrogens is 6. The average Bonchev–Trinajstić information content (AvgIpc) is 3.80. The lowest BCUT2D eigenvalue weighted by atomic mass is 10.0. The second-order valence-electron chi connectivity index (χ2n) is 10.9. The summed E-state index contributed by atoms with van der Waals surface area (Å²) in [6.45, 7) is 1.55. The summed E-state index contributed by atoms with van der Waals surface area (Å²) in [6.07, 6.45) is 6.50. The first-order valence-corrected chi connectivity index (χ1v) is 14.8. The summed E-state index contributed by atoms with van der Waals surface area (Å²) in [5.41, 5.74) is 8.01. The van der Waals surface area contributed by atoms with Gasteiger partial charge in [0.15, 0.2) is 5.82 Å². The number of hydrogen-bond acceptors (Lipinski definition) is 11. The number of pyridine rings is 1. The van der Waals surface area contributed by atoms with E-state index in [1.165, 1.54) is 10.6 Å². The molecule has 1 aliphatic carbocycles. The van der Waals surface area contributed by atoms with E-state index in [1.807, 2.05) is 6.07 Å². The van der Waals surface area contributed by atoms with Crippen molar-refractivity contribution in [2.45, 2.75) is 45.1 Å². The molecule has 0 unspecified atom stereocenters. The zero-order valence-corrected chi connectivity index (χ0v) is 25.2. The number of aryl methyl sites for hydroxylation is 1. The van der Waals surface area contributed by atoms with E-state index in [4.69, 9.17) is 15.2 Å². The Morgan fingerprint density at radius 1 is 1.09 bits per heavy atom. The molecule has 13 nitrogen and oxygen atoms in total. The van der Waals surface area contributed by atoms with Crippen LogP contribution >= 0.6 is 0 Å². The van der Waals surface area contributed by atoms with E-state index < -0.39 is 23.3 Å². The normalized spacial score (nSPS) is 12.7. The van der Waals surface area contributed by atoms with Crippen LogP contribution in [-0.4, -0.2) is 47.8 Å². The van der Waals surface area contributed by atoms with Crippen LogP contribution in [0.5, 0.6) is 0 Å². The van der Waals surface area contributed by atoms with Gasteiger partial charge in [0, 0.05) is 30.6 Å². The highest BCUT2D eigenvalue weighted by Crippen LogP contribution is 2.41. The van der Waals surface area contributed by atoms with E-state index in [2.05, 4.69) is 25.4 Å². The fourth-order valence-corrected chi connectivity index (χ4v) is 5.20. The van der Waals surface area contributed by atoms with Gasteiger partial charge in [-0.15, -0.1) is 0 Å². The molecule has 5 aromatic rings. The highest BCUT2D eigenvalue weighted by molar-refractivity contribution is 5.84. The Hall–Kier alpha value is -5.66. The van der Waals surface area contributed by atoms with Crippen molar-refractivity contribution in [1.82, 2.24) is 29.3 Å². The number of anilines is 3. The van der Waals surface area contributed by atoms with Crippen molar-refractivity contribution in [2.24, 2.45) is 7.05 Å². The van der Waals surface area contributed by atoms with Crippen LogP contribution in [0.15, 0.2) is 59.8 Å². The van der Waals surface area contributed by atoms with Gasteiger partial charge in [0.25, 0.3) is 5.56 Å². The van der Waals surface area contributed by atoms with Crippen LogP contribution < -0.4 is 16.6 Å². The second kappa shape index (κ2) is 12.8. The van der Waals surface area contributed by atoms with Gasteiger partial charge in [0.05, 0.1) is 42.4 Å². The maximum Gasteiger partial charge on any atom is 0.306 e. The van der Waals surface area contributed by atoms with Crippen molar-refractivity contribution in [2.75, 3.05) is 17.7 Å². The highest BCUT2D eigenvalue weighted by atomic mass is 19.1. The molecule has 0 saturated heterocycles. The minimum atomic E-state index is -0.660.